The lowest BCUT2D eigenvalue weighted by Gasteiger charge is -2.10. The molecule has 0 aliphatic carbocycles. The van der Waals surface area contributed by atoms with Gasteiger partial charge in [-0.15, -0.1) is 0 Å². The van der Waals surface area contributed by atoms with E-state index >= 15 is 0 Å². The topological polar surface area (TPSA) is 83.1 Å². The Morgan fingerprint density at radius 3 is 2.48 bits per heavy atom. The van der Waals surface area contributed by atoms with Crippen LogP contribution in [-0.2, 0) is 11.2 Å². The number of anilines is 1. The maximum Gasteiger partial charge on any atom is 0.251 e. The zero-order valence-electron chi connectivity index (χ0n) is 13.0. The molecule has 0 aromatic carbocycles. The minimum absolute atomic E-state index is 0.0192. The van der Waals surface area contributed by atoms with Crippen molar-refractivity contribution >= 4 is 17.6 Å². The van der Waals surface area contributed by atoms with Gasteiger partial charge in [-0.3, -0.25) is 9.59 Å². The summed E-state index contributed by atoms with van der Waals surface area (Å²) in [5.74, 6) is 0.229. The van der Waals surface area contributed by atoms with Gasteiger partial charge in [-0.05, 0) is 32.4 Å². The molecule has 2 amide bonds. The molecular formula is C15H24N4O2. The van der Waals surface area contributed by atoms with Gasteiger partial charge in [0.05, 0.1) is 6.54 Å². The van der Waals surface area contributed by atoms with Crippen LogP contribution in [0.2, 0.25) is 0 Å². The van der Waals surface area contributed by atoms with Gasteiger partial charge in [0.1, 0.15) is 5.82 Å². The number of nitrogens with one attached hydrogen (secondary N) is 3. The highest BCUT2D eigenvalue weighted by molar-refractivity contribution is 5.97. The molecular weight excluding hydrogens is 268 g/mol. The van der Waals surface area contributed by atoms with Crippen LogP contribution in [0, 0.1) is 0 Å². The van der Waals surface area contributed by atoms with Gasteiger partial charge in [0.25, 0.3) is 5.91 Å². The molecule has 6 nitrogen and oxygen atoms in total. The molecule has 0 bridgehead atoms. The molecule has 1 heterocycles. The highest BCUT2D eigenvalue weighted by Crippen LogP contribution is 2.12. The average molecular weight is 292 g/mol. The quantitative estimate of drug-likeness (QED) is 0.675. The number of pyridine rings is 1. The smallest absolute Gasteiger partial charge is 0.251 e. The molecule has 0 aliphatic rings. The Morgan fingerprint density at radius 2 is 1.86 bits per heavy atom. The van der Waals surface area contributed by atoms with Gasteiger partial charge in [-0.25, -0.2) is 4.98 Å². The van der Waals surface area contributed by atoms with Crippen molar-refractivity contribution in [3.05, 3.63) is 23.4 Å². The van der Waals surface area contributed by atoms with Gasteiger partial charge < -0.3 is 16.0 Å². The van der Waals surface area contributed by atoms with Crippen molar-refractivity contribution in [2.75, 3.05) is 25.0 Å². The second kappa shape index (κ2) is 8.94. The largest absolute Gasteiger partial charge is 0.370 e. The molecule has 0 radical (unpaired) electrons. The minimum atomic E-state index is -0.264. The lowest BCUT2D eigenvalue weighted by molar-refractivity contribution is -0.120. The zero-order chi connectivity index (χ0) is 15.7. The fourth-order valence-electron chi connectivity index (χ4n) is 1.90. The summed E-state index contributed by atoms with van der Waals surface area (Å²) >= 11 is 0. The van der Waals surface area contributed by atoms with Gasteiger partial charge >= 0.3 is 0 Å². The first-order valence-corrected chi connectivity index (χ1v) is 7.40. The first-order chi connectivity index (χ1) is 10.1. The van der Waals surface area contributed by atoms with Gasteiger partial charge in [0, 0.05) is 24.3 Å². The molecule has 0 aliphatic heterocycles. The van der Waals surface area contributed by atoms with Gasteiger partial charge in [0.15, 0.2) is 0 Å². The summed E-state index contributed by atoms with van der Waals surface area (Å²) in [6.07, 6.45) is 1.78. The molecule has 116 valence electrons. The molecule has 1 rings (SSSR count). The van der Waals surface area contributed by atoms with Gasteiger partial charge in [-0.1, -0.05) is 13.3 Å². The SMILES string of the molecule is CCCc1cc(C(=O)NCC(=O)NCC)cc(NCC)n1. The highest BCUT2D eigenvalue weighted by Gasteiger charge is 2.11. The fraction of sp³-hybridized carbons (Fsp3) is 0.533. The van der Waals surface area contributed by atoms with Crippen molar-refractivity contribution in [1.82, 2.24) is 15.6 Å². The normalized spacial score (nSPS) is 10.0. The zero-order valence-corrected chi connectivity index (χ0v) is 13.0. The Balaban J connectivity index is 2.79. The van der Waals surface area contributed by atoms with Crippen molar-refractivity contribution in [1.29, 1.82) is 0 Å². The van der Waals surface area contributed by atoms with Crippen molar-refractivity contribution < 1.29 is 9.59 Å². The molecule has 1 aromatic heterocycles. The molecule has 21 heavy (non-hydrogen) atoms. The van der Waals surface area contributed by atoms with Crippen LogP contribution in [0.15, 0.2) is 12.1 Å². The van der Waals surface area contributed by atoms with E-state index in [0.717, 1.165) is 25.1 Å². The Kier molecular flexibility index (Phi) is 7.21. The van der Waals surface area contributed by atoms with Gasteiger partial charge in [-0.2, -0.15) is 0 Å². The summed E-state index contributed by atoms with van der Waals surface area (Å²) in [7, 11) is 0. The number of hydrogen-bond donors (Lipinski definition) is 3. The second-order valence-electron chi connectivity index (χ2n) is 4.65. The minimum Gasteiger partial charge on any atom is -0.370 e. The van der Waals surface area contributed by atoms with E-state index < -0.39 is 0 Å². The number of rotatable bonds is 8. The first-order valence-electron chi connectivity index (χ1n) is 7.40. The number of amides is 2. The van der Waals surface area contributed by atoms with Crippen molar-refractivity contribution in [2.45, 2.75) is 33.6 Å². The van der Waals surface area contributed by atoms with Crippen LogP contribution in [0.1, 0.15) is 43.2 Å². The molecule has 0 fully saturated rings. The Hall–Kier alpha value is -2.11. The molecule has 0 atom stereocenters. The average Bonchev–Trinajstić information content (AvgIpc) is 2.45. The molecule has 0 saturated heterocycles. The number of carbonyl (C=O) groups is 2. The Morgan fingerprint density at radius 1 is 1.10 bits per heavy atom. The van der Waals surface area contributed by atoms with Crippen LogP contribution in [0.3, 0.4) is 0 Å². The van der Waals surface area contributed by atoms with Crippen molar-refractivity contribution in [3.63, 3.8) is 0 Å². The van der Waals surface area contributed by atoms with Crippen LogP contribution in [0.25, 0.3) is 0 Å². The molecule has 0 spiro atoms. The lowest BCUT2D eigenvalue weighted by atomic mass is 10.1. The number of nitrogens with zero attached hydrogens (tertiary/aromatic N) is 1. The lowest BCUT2D eigenvalue weighted by Crippen LogP contribution is -2.36. The highest BCUT2D eigenvalue weighted by atomic mass is 16.2. The Labute approximate surface area is 125 Å². The van der Waals surface area contributed by atoms with Crippen LogP contribution >= 0.6 is 0 Å². The van der Waals surface area contributed by atoms with E-state index in [0.29, 0.717) is 17.9 Å². The van der Waals surface area contributed by atoms with E-state index in [4.69, 9.17) is 0 Å². The maximum absolute atomic E-state index is 12.1. The molecule has 3 N–H and O–H groups in total. The number of carbonyl (C=O) groups excluding carboxylic acids is 2. The van der Waals surface area contributed by atoms with Crippen LogP contribution < -0.4 is 16.0 Å². The first kappa shape index (κ1) is 16.9. The van der Waals surface area contributed by atoms with E-state index in [2.05, 4.69) is 27.9 Å². The van der Waals surface area contributed by atoms with Gasteiger partial charge in [0.2, 0.25) is 5.91 Å². The summed E-state index contributed by atoms with van der Waals surface area (Å²) < 4.78 is 0. The number of aromatic nitrogens is 1. The third kappa shape index (κ3) is 5.81. The number of likely N-dealkylation sites (N-methyl/N-ethyl adjacent to an activating group) is 1. The van der Waals surface area contributed by atoms with Crippen molar-refractivity contribution in [2.24, 2.45) is 0 Å². The maximum atomic E-state index is 12.1. The summed E-state index contributed by atoms with van der Waals surface area (Å²) in [4.78, 5) is 27.9. The fourth-order valence-corrected chi connectivity index (χ4v) is 1.90. The van der Waals surface area contributed by atoms with Crippen LogP contribution in [-0.4, -0.2) is 36.4 Å². The molecule has 1 aromatic rings. The van der Waals surface area contributed by atoms with E-state index in [1.165, 1.54) is 0 Å². The molecule has 0 unspecified atom stereocenters. The van der Waals surface area contributed by atoms with E-state index in [1.807, 2.05) is 13.8 Å². The predicted molar refractivity (Wildman–Crippen MR) is 83.4 cm³/mol. The summed E-state index contributed by atoms with van der Waals surface area (Å²) in [5.41, 5.74) is 1.40. The Bertz CT molecular complexity index is 464. The predicted octanol–water partition coefficient (Wildman–Crippen LogP) is 1.33. The monoisotopic (exact) mass is 292 g/mol. The third-order valence-electron chi connectivity index (χ3n) is 2.79. The van der Waals surface area contributed by atoms with Crippen LogP contribution in [0.4, 0.5) is 5.82 Å². The molecule has 0 saturated carbocycles. The van der Waals surface area contributed by atoms with E-state index in [-0.39, 0.29) is 18.4 Å². The standard InChI is InChI=1S/C15H24N4O2/c1-4-7-12-8-11(9-13(19-12)16-5-2)15(21)18-10-14(20)17-6-3/h8-9H,4-7,10H2,1-3H3,(H,16,19)(H,17,20)(H,18,21). The summed E-state index contributed by atoms with van der Waals surface area (Å²) in [5, 5.41) is 8.37. The summed E-state index contributed by atoms with van der Waals surface area (Å²) in [6.45, 7) is 7.15. The summed E-state index contributed by atoms with van der Waals surface area (Å²) in [6, 6.07) is 3.48. The third-order valence-corrected chi connectivity index (χ3v) is 2.79. The number of hydrogen-bond acceptors (Lipinski definition) is 4. The second-order valence-corrected chi connectivity index (χ2v) is 4.65. The van der Waals surface area contributed by atoms with Crippen molar-refractivity contribution in [3.8, 4) is 0 Å². The number of aryl methyl sites for hydroxylation is 1. The van der Waals surface area contributed by atoms with E-state index in [9.17, 15) is 9.59 Å². The molecule has 6 heteroatoms. The van der Waals surface area contributed by atoms with Crippen LogP contribution in [0.5, 0.6) is 0 Å². The van der Waals surface area contributed by atoms with E-state index in [1.54, 1.807) is 12.1 Å².